The van der Waals surface area contributed by atoms with Crippen molar-refractivity contribution in [2.75, 3.05) is 19.9 Å². The first-order chi connectivity index (χ1) is 26.2. The summed E-state index contributed by atoms with van der Waals surface area (Å²) in [4.78, 5) is 40.3. The van der Waals surface area contributed by atoms with E-state index in [1.54, 1.807) is 25.2 Å². The number of guanidine groups is 1. The van der Waals surface area contributed by atoms with E-state index in [-0.39, 0.29) is 44.1 Å². The number of hydrogen-bond acceptors (Lipinski definition) is 12. The first-order valence-corrected chi connectivity index (χ1v) is 18.8. The van der Waals surface area contributed by atoms with E-state index in [1.807, 2.05) is 13.0 Å². The minimum Gasteiger partial charge on any atom is -0.480 e. The number of aliphatic hydroxyl groups excluding tert-OH is 2. The number of halogens is 2. The summed E-state index contributed by atoms with van der Waals surface area (Å²) in [6.07, 6.45) is 2.15. The van der Waals surface area contributed by atoms with E-state index in [0.29, 0.717) is 24.8 Å². The topological polar surface area (TPSA) is 258 Å². The van der Waals surface area contributed by atoms with E-state index < -0.39 is 97.0 Å². The lowest BCUT2D eigenvalue weighted by atomic mass is 9.71. The van der Waals surface area contributed by atoms with E-state index in [9.17, 15) is 34.8 Å². The van der Waals surface area contributed by atoms with E-state index in [4.69, 9.17) is 30.4 Å². The van der Waals surface area contributed by atoms with Crippen LogP contribution in [0.1, 0.15) is 72.6 Å². The number of rotatable bonds is 20. The van der Waals surface area contributed by atoms with Crippen LogP contribution in [0.15, 0.2) is 53.6 Å². The van der Waals surface area contributed by atoms with E-state index in [0.717, 1.165) is 0 Å². The molecular formula is C38H59F2N5O11. The van der Waals surface area contributed by atoms with Crippen molar-refractivity contribution < 1.29 is 62.5 Å². The number of nitrogens with zero attached hydrogens (tertiary/aromatic N) is 1. The van der Waals surface area contributed by atoms with Crippen molar-refractivity contribution in [3.63, 3.8) is 0 Å². The molecule has 0 aromatic heterocycles. The number of alkyl halides is 2. The van der Waals surface area contributed by atoms with Crippen LogP contribution in [-0.4, -0.2) is 125 Å². The lowest BCUT2D eigenvalue weighted by Gasteiger charge is -2.54. The number of ketones is 1. The summed E-state index contributed by atoms with van der Waals surface area (Å²) >= 11 is 0. The highest BCUT2D eigenvalue weighted by molar-refractivity contribution is 5.91. The number of carboxylic acids is 1. The number of hydrogen-bond donors (Lipinski definition) is 8. The minimum absolute atomic E-state index is 0.0996. The quantitative estimate of drug-likeness (QED) is 0.0217. The molecular weight excluding hydrogens is 740 g/mol. The number of carboxylic acid groups (broad SMARTS) is 1. The number of unbranched alkanes of at least 4 members (excludes halogenated alkanes) is 1. The van der Waals surface area contributed by atoms with E-state index in [1.165, 1.54) is 26.0 Å². The maximum absolute atomic E-state index is 16.0. The summed E-state index contributed by atoms with van der Waals surface area (Å²) < 4.78 is 54.6. The van der Waals surface area contributed by atoms with Crippen molar-refractivity contribution in [3.05, 3.63) is 48.6 Å². The molecule has 3 aliphatic heterocycles. The first kappa shape index (κ1) is 46.8. The van der Waals surface area contributed by atoms with Crippen molar-refractivity contribution >= 4 is 23.6 Å². The van der Waals surface area contributed by atoms with Crippen LogP contribution in [0.5, 0.6) is 0 Å². The molecule has 0 bridgehead atoms. The number of allylic oxidation sites excluding steroid dienone is 5. The number of carbonyl (C=O) groups excluding carboxylic acids is 2. The monoisotopic (exact) mass is 799 g/mol. The Morgan fingerprint density at radius 3 is 2.43 bits per heavy atom. The van der Waals surface area contributed by atoms with Crippen molar-refractivity contribution in [2.24, 2.45) is 27.8 Å². The molecule has 3 heterocycles. The highest BCUT2D eigenvalue weighted by atomic mass is 19.3. The van der Waals surface area contributed by atoms with Crippen LogP contribution in [0.25, 0.3) is 0 Å². The molecule has 0 saturated carbocycles. The highest BCUT2D eigenvalue weighted by Crippen LogP contribution is 2.52. The summed E-state index contributed by atoms with van der Waals surface area (Å²) in [6.45, 7) is 9.31. The predicted molar refractivity (Wildman–Crippen MR) is 201 cm³/mol. The smallest absolute Gasteiger partial charge is 0.326 e. The molecule has 316 valence electrons. The summed E-state index contributed by atoms with van der Waals surface area (Å²) in [5.41, 5.74) is 9.34. The number of nitrogens with one attached hydrogen (secondary N) is 2. The number of ether oxygens (including phenoxy) is 4. The van der Waals surface area contributed by atoms with Crippen LogP contribution >= 0.6 is 0 Å². The van der Waals surface area contributed by atoms with Gasteiger partial charge in [0.25, 0.3) is 5.92 Å². The molecule has 0 aromatic carbocycles. The van der Waals surface area contributed by atoms with E-state index in [2.05, 4.69) is 22.2 Å². The Kier molecular flexibility index (Phi) is 17.3. The van der Waals surface area contributed by atoms with Gasteiger partial charge in [0.2, 0.25) is 11.7 Å². The van der Waals surface area contributed by atoms with Gasteiger partial charge in [0.1, 0.15) is 25.2 Å². The zero-order valence-corrected chi connectivity index (χ0v) is 32.4. The van der Waals surface area contributed by atoms with Gasteiger partial charge in [0, 0.05) is 31.4 Å². The van der Waals surface area contributed by atoms with Gasteiger partial charge in [-0.05, 0) is 39.0 Å². The molecule has 3 aliphatic rings. The molecule has 0 aromatic rings. The van der Waals surface area contributed by atoms with Gasteiger partial charge in [0.15, 0.2) is 24.0 Å². The second-order valence-corrected chi connectivity index (χ2v) is 15.1. The number of carbonyl (C=O) groups is 3. The normalized spacial score (nSPS) is 30.5. The summed E-state index contributed by atoms with van der Waals surface area (Å²) in [5.74, 6) is -8.43. The highest BCUT2D eigenvalue weighted by Gasteiger charge is 2.66. The molecule has 3 saturated heterocycles. The van der Waals surface area contributed by atoms with Gasteiger partial charge < -0.3 is 56.2 Å². The molecule has 16 nitrogen and oxygen atoms in total. The predicted octanol–water partition coefficient (Wildman–Crippen LogP) is 1.54. The molecule has 56 heavy (non-hydrogen) atoms. The van der Waals surface area contributed by atoms with Gasteiger partial charge in [0.05, 0.1) is 30.3 Å². The number of amides is 1. The number of aliphatic imine (C=N–C) groups is 1. The number of Topliss-reactive ketones (excluding diaryl/α,β-unsaturated/α-hetero) is 1. The van der Waals surface area contributed by atoms with Gasteiger partial charge >= 0.3 is 5.97 Å². The van der Waals surface area contributed by atoms with Crippen LogP contribution in [-0.2, 0) is 33.3 Å². The fourth-order valence-corrected chi connectivity index (χ4v) is 6.71. The summed E-state index contributed by atoms with van der Waals surface area (Å²) in [6, 6.07) is -1.09. The van der Waals surface area contributed by atoms with Crippen LogP contribution in [0.3, 0.4) is 0 Å². The van der Waals surface area contributed by atoms with Gasteiger partial charge in [-0.3, -0.25) is 19.9 Å². The van der Waals surface area contributed by atoms with Crippen LogP contribution < -0.4 is 22.1 Å². The molecule has 0 aliphatic carbocycles. The Morgan fingerprint density at radius 2 is 1.77 bits per heavy atom. The Labute approximate surface area is 326 Å². The molecule has 5 unspecified atom stereocenters. The average Bonchev–Trinajstić information content (AvgIpc) is 3.12. The van der Waals surface area contributed by atoms with Crippen LogP contribution in [0.2, 0.25) is 0 Å². The number of fused-ring (bicyclic) bond motifs is 1. The Morgan fingerprint density at radius 1 is 1.07 bits per heavy atom. The van der Waals surface area contributed by atoms with Crippen molar-refractivity contribution in [2.45, 2.75) is 133 Å². The minimum atomic E-state index is -3.43. The second-order valence-electron chi connectivity index (χ2n) is 15.1. The molecule has 3 rings (SSSR count). The molecule has 1 amide bonds. The third-order valence-electron chi connectivity index (χ3n) is 10.5. The lowest BCUT2D eigenvalue weighted by Crippen LogP contribution is -2.70. The molecule has 18 heteroatoms. The average molecular weight is 800 g/mol. The zero-order chi connectivity index (χ0) is 41.8. The Balaban J connectivity index is 1.48. The standard InChI is InChI=1S/C38H59F2N5O11/c1-22-19-37(52,56-24(3)23(22)2)31(49)27(47)20-44-33-30-32(53-21-54-33)38(39,40)36(4,5)28(55-30)18-25(46)14-11-9-7-6-8-10-12-16-29(48)45-26(34(50)51)15-13-17-43-35(41)42/h6-8,10,12,16,23-26,28,30-33,44,46,49,52H,1,9,11,13-15,17-21H2,2-5H3,(H,45,48)(H,50,51)(H4,41,42,43)/b7-6+,10-8+,16-12+/t23-,24-,25?,26?,28?,30+,31?,32+,33?,37-/m1/s1. The van der Waals surface area contributed by atoms with Crippen molar-refractivity contribution in [1.29, 1.82) is 0 Å². The van der Waals surface area contributed by atoms with Crippen molar-refractivity contribution in [1.82, 2.24) is 10.6 Å². The second kappa shape index (κ2) is 20.7. The summed E-state index contributed by atoms with van der Waals surface area (Å²) in [5, 5.41) is 47.0. The third kappa shape index (κ3) is 12.4. The molecule has 10 N–H and O–H groups in total. The maximum Gasteiger partial charge on any atom is 0.326 e. The largest absolute Gasteiger partial charge is 0.480 e. The summed E-state index contributed by atoms with van der Waals surface area (Å²) in [7, 11) is 0. The zero-order valence-electron chi connectivity index (χ0n) is 32.4. The number of nitrogens with two attached hydrogens (primary N) is 2. The van der Waals surface area contributed by atoms with E-state index >= 15 is 8.78 Å². The van der Waals surface area contributed by atoms with Crippen molar-refractivity contribution in [3.8, 4) is 0 Å². The fraction of sp³-hybridized carbons (Fsp3) is 0.684. The SMILES string of the molecule is C=C1C[C@](O)(C(O)C(=O)CNC2OCO[C@H]3[C@@H]2OC(CC(O)CCC/C=C/C=C/C=C/C(=O)NC(CCCN=C(N)N)C(=O)O)C(C)(C)C3(F)F)O[C@H](C)[C@@H]1C. The van der Waals surface area contributed by atoms with Crippen LogP contribution in [0.4, 0.5) is 8.78 Å². The molecule has 10 atom stereocenters. The van der Waals surface area contributed by atoms with Crippen LogP contribution in [0, 0.1) is 11.3 Å². The molecule has 0 radical (unpaired) electrons. The van der Waals surface area contributed by atoms with Gasteiger partial charge in [-0.25, -0.2) is 13.6 Å². The Bertz CT molecular complexity index is 1490. The Hall–Kier alpha value is -3.62. The maximum atomic E-state index is 16.0. The first-order valence-electron chi connectivity index (χ1n) is 18.8. The lowest BCUT2D eigenvalue weighted by molar-refractivity contribution is -0.372. The van der Waals surface area contributed by atoms with Gasteiger partial charge in [-0.15, -0.1) is 0 Å². The fourth-order valence-electron chi connectivity index (χ4n) is 6.71. The van der Waals surface area contributed by atoms with Gasteiger partial charge in [-0.2, -0.15) is 0 Å². The number of aliphatic carboxylic acids is 1. The van der Waals surface area contributed by atoms with Gasteiger partial charge in [-0.1, -0.05) is 63.3 Å². The third-order valence-corrected chi connectivity index (χ3v) is 10.5. The number of aliphatic hydroxyl groups is 3. The molecule has 3 fully saturated rings. The molecule has 0 spiro atoms.